The zero-order valence-corrected chi connectivity index (χ0v) is 11.2. The van der Waals surface area contributed by atoms with Gasteiger partial charge in [-0.2, -0.15) is 5.26 Å². The van der Waals surface area contributed by atoms with Gasteiger partial charge in [-0.1, -0.05) is 6.92 Å². The SMILES string of the molecule is CCC(=O)[C@@H]1CCCN(c2ccc(F)c(C#N)c2)C1=O. The number of anilines is 1. The van der Waals surface area contributed by atoms with Crippen LogP contribution in [0.4, 0.5) is 10.1 Å². The minimum absolute atomic E-state index is 0.0673. The van der Waals surface area contributed by atoms with Crippen molar-refractivity contribution in [1.29, 1.82) is 5.26 Å². The fourth-order valence-corrected chi connectivity index (χ4v) is 2.44. The first kappa shape index (κ1) is 14.2. The molecule has 0 N–H and O–H groups in total. The average molecular weight is 274 g/mol. The Labute approximate surface area is 116 Å². The van der Waals surface area contributed by atoms with E-state index in [9.17, 15) is 14.0 Å². The molecular formula is C15H15FN2O2. The number of hydrogen-bond acceptors (Lipinski definition) is 3. The maximum Gasteiger partial charge on any atom is 0.237 e. The molecule has 1 atom stereocenters. The molecule has 0 saturated carbocycles. The third-order valence-electron chi connectivity index (χ3n) is 3.56. The van der Waals surface area contributed by atoms with Crippen LogP contribution in [0.25, 0.3) is 0 Å². The normalized spacial score (nSPS) is 18.8. The van der Waals surface area contributed by atoms with Crippen molar-refractivity contribution >= 4 is 17.4 Å². The summed E-state index contributed by atoms with van der Waals surface area (Å²) in [6.07, 6.45) is 1.62. The minimum atomic E-state index is -0.609. The van der Waals surface area contributed by atoms with Crippen LogP contribution >= 0.6 is 0 Å². The standard InChI is InChI=1S/C15H15FN2O2/c1-2-14(19)12-4-3-7-18(15(12)20)11-5-6-13(16)10(8-11)9-17/h5-6,8,12H,2-4,7H2,1H3/t12-/m0/s1. The van der Waals surface area contributed by atoms with Gasteiger partial charge in [0.05, 0.1) is 11.5 Å². The number of nitriles is 1. The highest BCUT2D eigenvalue weighted by atomic mass is 19.1. The smallest absolute Gasteiger partial charge is 0.237 e. The zero-order chi connectivity index (χ0) is 14.7. The van der Waals surface area contributed by atoms with Gasteiger partial charge in [0.1, 0.15) is 17.7 Å². The lowest BCUT2D eigenvalue weighted by Gasteiger charge is -2.31. The van der Waals surface area contributed by atoms with Crippen molar-refractivity contribution in [2.24, 2.45) is 5.92 Å². The van der Waals surface area contributed by atoms with E-state index in [-0.39, 0.29) is 17.3 Å². The van der Waals surface area contributed by atoms with Gasteiger partial charge in [-0.15, -0.1) is 0 Å². The summed E-state index contributed by atoms with van der Waals surface area (Å²) >= 11 is 0. The number of rotatable bonds is 3. The first-order valence-electron chi connectivity index (χ1n) is 6.62. The molecule has 1 aromatic carbocycles. The first-order chi connectivity index (χ1) is 9.58. The highest BCUT2D eigenvalue weighted by Crippen LogP contribution is 2.27. The molecule has 1 aliphatic rings. The highest BCUT2D eigenvalue weighted by Gasteiger charge is 2.33. The average Bonchev–Trinajstić information content (AvgIpc) is 2.47. The number of Topliss-reactive ketones (excluding diaryl/α,β-unsaturated/α-hetero) is 1. The van der Waals surface area contributed by atoms with Crippen molar-refractivity contribution in [3.8, 4) is 6.07 Å². The van der Waals surface area contributed by atoms with E-state index in [2.05, 4.69) is 0 Å². The summed E-state index contributed by atoms with van der Waals surface area (Å²) < 4.78 is 13.3. The molecule has 2 rings (SSSR count). The Hall–Kier alpha value is -2.22. The van der Waals surface area contributed by atoms with Crippen LogP contribution in [0.2, 0.25) is 0 Å². The number of carbonyl (C=O) groups excluding carboxylic acids is 2. The van der Waals surface area contributed by atoms with Crippen LogP contribution in [0.5, 0.6) is 0 Å². The van der Waals surface area contributed by atoms with E-state index in [0.29, 0.717) is 25.1 Å². The molecule has 0 spiro atoms. The van der Waals surface area contributed by atoms with Crippen LogP contribution in [-0.4, -0.2) is 18.2 Å². The fraction of sp³-hybridized carbons (Fsp3) is 0.400. The zero-order valence-electron chi connectivity index (χ0n) is 11.2. The number of halogens is 1. The van der Waals surface area contributed by atoms with Gasteiger partial charge < -0.3 is 4.90 Å². The molecule has 20 heavy (non-hydrogen) atoms. The maximum atomic E-state index is 13.3. The van der Waals surface area contributed by atoms with Gasteiger partial charge in [0.25, 0.3) is 0 Å². The molecule has 1 fully saturated rings. The van der Waals surface area contributed by atoms with Gasteiger partial charge in [0.15, 0.2) is 0 Å². The second-order valence-corrected chi connectivity index (χ2v) is 4.78. The van der Waals surface area contributed by atoms with Crippen LogP contribution in [0, 0.1) is 23.1 Å². The summed E-state index contributed by atoms with van der Waals surface area (Å²) in [5, 5.41) is 8.84. The number of piperidine rings is 1. The number of nitrogens with zero attached hydrogens (tertiary/aromatic N) is 2. The second kappa shape index (κ2) is 5.83. The molecule has 1 saturated heterocycles. The van der Waals surface area contributed by atoms with E-state index in [1.165, 1.54) is 23.1 Å². The van der Waals surface area contributed by atoms with E-state index < -0.39 is 11.7 Å². The fourth-order valence-electron chi connectivity index (χ4n) is 2.44. The molecule has 1 aromatic rings. The number of benzene rings is 1. The van der Waals surface area contributed by atoms with Crippen LogP contribution < -0.4 is 4.90 Å². The molecule has 0 radical (unpaired) electrons. The number of hydrogen-bond donors (Lipinski definition) is 0. The van der Waals surface area contributed by atoms with Crippen LogP contribution in [0.1, 0.15) is 31.7 Å². The Bertz CT molecular complexity index is 592. The molecule has 0 aliphatic carbocycles. The molecule has 104 valence electrons. The third-order valence-corrected chi connectivity index (χ3v) is 3.56. The third kappa shape index (κ3) is 2.55. The lowest BCUT2D eigenvalue weighted by atomic mass is 9.91. The van der Waals surface area contributed by atoms with Crippen LogP contribution in [0.15, 0.2) is 18.2 Å². The van der Waals surface area contributed by atoms with Gasteiger partial charge in [0.2, 0.25) is 5.91 Å². The summed E-state index contributed by atoms with van der Waals surface area (Å²) in [6.45, 7) is 2.23. The first-order valence-corrected chi connectivity index (χ1v) is 6.62. The summed E-state index contributed by atoms with van der Waals surface area (Å²) in [4.78, 5) is 25.6. The Kier molecular flexibility index (Phi) is 4.14. The number of amides is 1. The lowest BCUT2D eigenvalue weighted by Crippen LogP contribution is -2.44. The summed E-state index contributed by atoms with van der Waals surface area (Å²) in [7, 11) is 0. The second-order valence-electron chi connectivity index (χ2n) is 4.78. The summed E-state index contributed by atoms with van der Waals surface area (Å²) in [6, 6.07) is 5.75. The van der Waals surface area contributed by atoms with Crippen molar-refractivity contribution in [2.75, 3.05) is 11.4 Å². The van der Waals surface area contributed by atoms with Crippen molar-refractivity contribution in [2.45, 2.75) is 26.2 Å². The predicted molar refractivity (Wildman–Crippen MR) is 71.5 cm³/mol. The summed E-state index contributed by atoms with van der Waals surface area (Å²) in [5.41, 5.74) is 0.376. The van der Waals surface area contributed by atoms with Crippen molar-refractivity contribution in [3.05, 3.63) is 29.6 Å². The molecule has 0 bridgehead atoms. The molecule has 0 aromatic heterocycles. The molecular weight excluding hydrogens is 259 g/mol. The molecule has 1 amide bonds. The van der Waals surface area contributed by atoms with Gasteiger partial charge in [-0.05, 0) is 31.0 Å². The topological polar surface area (TPSA) is 61.2 Å². The molecule has 0 unspecified atom stereocenters. The Morgan fingerprint density at radius 2 is 2.30 bits per heavy atom. The van der Waals surface area contributed by atoms with E-state index in [0.717, 1.165) is 6.42 Å². The molecule has 1 heterocycles. The quantitative estimate of drug-likeness (QED) is 0.795. The summed E-state index contributed by atoms with van der Waals surface area (Å²) in [5.74, 6) is -1.54. The van der Waals surface area contributed by atoms with Crippen molar-refractivity contribution in [1.82, 2.24) is 0 Å². The van der Waals surface area contributed by atoms with Gasteiger partial charge in [-0.25, -0.2) is 4.39 Å². The molecule has 1 aliphatic heterocycles. The van der Waals surface area contributed by atoms with Crippen molar-refractivity contribution < 1.29 is 14.0 Å². The lowest BCUT2D eigenvalue weighted by molar-refractivity contribution is -0.133. The van der Waals surface area contributed by atoms with Gasteiger partial charge in [0, 0.05) is 18.7 Å². The Morgan fingerprint density at radius 3 is 2.95 bits per heavy atom. The van der Waals surface area contributed by atoms with Gasteiger partial charge >= 0.3 is 0 Å². The molecule has 4 nitrogen and oxygen atoms in total. The van der Waals surface area contributed by atoms with Gasteiger partial charge in [-0.3, -0.25) is 9.59 Å². The van der Waals surface area contributed by atoms with E-state index >= 15 is 0 Å². The Balaban J connectivity index is 2.30. The minimum Gasteiger partial charge on any atom is -0.312 e. The Morgan fingerprint density at radius 1 is 1.55 bits per heavy atom. The number of ketones is 1. The molecule has 5 heteroatoms. The van der Waals surface area contributed by atoms with Crippen molar-refractivity contribution in [3.63, 3.8) is 0 Å². The monoisotopic (exact) mass is 274 g/mol. The highest BCUT2D eigenvalue weighted by molar-refractivity contribution is 6.08. The predicted octanol–water partition coefficient (Wildman–Crippen LogP) is 2.42. The maximum absolute atomic E-state index is 13.3. The van der Waals surface area contributed by atoms with E-state index in [1.807, 2.05) is 0 Å². The largest absolute Gasteiger partial charge is 0.312 e. The van der Waals surface area contributed by atoms with Crippen LogP contribution in [0.3, 0.4) is 0 Å². The van der Waals surface area contributed by atoms with Crippen LogP contribution in [-0.2, 0) is 9.59 Å². The van der Waals surface area contributed by atoms with E-state index in [4.69, 9.17) is 5.26 Å². The van der Waals surface area contributed by atoms with E-state index in [1.54, 1.807) is 13.0 Å². The number of carbonyl (C=O) groups is 2.